The van der Waals surface area contributed by atoms with E-state index in [-0.39, 0.29) is 23.7 Å². The van der Waals surface area contributed by atoms with Crippen LogP contribution in [-0.2, 0) is 0 Å². The third-order valence-corrected chi connectivity index (χ3v) is 5.94. The van der Waals surface area contributed by atoms with Gasteiger partial charge in [-0.1, -0.05) is 5.16 Å². The summed E-state index contributed by atoms with van der Waals surface area (Å²) in [6.07, 6.45) is 1.97. The molecule has 1 atom stereocenters. The van der Waals surface area contributed by atoms with E-state index in [9.17, 15) is 4.79 Å². The fraction of sp³-hybridized carbons (Fsp3) is 0.400. The maximum atomic E-state index is 12.0. The second-order valence-corrected chi connectivity index (χ2v) is 7.27. The van der Waals surface area contributed by atoms with Crippen molar-refractivity contribution < 1.29 is 10.0 Å². The van der Waals surface area contributed by atoms with Crippen LogP contribution in [0.4, 0.5) is 0 Å². The van der Waals surface area contributed by atoms with Crippen LogP contribution in [0.25, 0.3) is 0 Å². The van der Waals surface area contributed by atoms with Crippen molar-refractivity contribution in [2.75, 3.05) is 0 Å². The zero-order valence-corrected chi connectivity index (χ0v) is 13.2. The van der Waals surface area contributed by atoms with Crippen LogP contribution in [0.5, 0.6) is 0 Å². The van der Waals surface area contributed by atoms with Crippen LogP contribution in [0.2, 0.25) is 0 Å². The Morgan fingerprint density at radius 3 is 2.72 bits per heavy atom. The molecule has 0 aliphatic heterocycles. The molecule has 0 aromatic carbocycles. The summed E-state index contributed by atoms with van der Waals surface area (Å²) in [5.74, 6) is 0.118. The minimum absolute atomic E-state index is 0.0561. The maximum absolute atomic E-state index is 12.0. The van der Waals surface area contributed by atoms with Crippen LogP contribution in [0, 0.1) is 5.92 Å². The van der Waals surface area contributed by atoms with Crippen molar-refractivity contribution in [3.63, 3.8) is 0 Å². The molecule has 8 heteroatoms. The van der Waals surface area contributed by atoms with Crippen LogP contribution in [0.3, 0.4) is 0 Å². The van der Waals surface area contributed by atoms with E-state index in [2.05, 4.69) is 42.3 Å². The van der Waals surface area contributed by atoms with Gasteiger partial charge in [0.25, 0.3) is 5.91 Å². The van der Waals surface area contributed by atoms with E-state index >= 15 is 0 Å². The molecule has 1 amide bonds. The summed E-state index contributed by atoms with van der Waals surface area (Å²) >= 11 is 8.00. The number of rotatable bonds is 4. The highest BCUT2D eigenvalue weighted by Crippen LogP contribution is 2.34. The minimum Gasteiger partial charge on any atom is -0.409 e. The Balaban J connectivity index is 2.09. The molecule has 1 aromatic rings. The molecule has 98 valence electrons. The first-order chi connectivity index (χ1) is 8.52. The molecule has 1 aliphatic rings. The van der Waals surface area contributed by atoms with Gasteiger partial charge >= 0.3 is 0 Å². The fourth-order valence-electron chi connectivity index (χ4n) is 1.60. The van der Waals surface area contributed by atoms with Gasteiger partial charge in [0, 0.05) is 4.47 Å². The van der Waals surface area contributed by atoms with Crippen LogP contribution in [-0.4, -0.2) is 23.0 Å². The number of amides is 1. The van der Waals surface area contributed by atoms with Gasteiger partial charge in [-0.3, -0.25) is 4.79 Å². The molecule has 0 saturated heterocycles. The van der Waals surface area contributed by atoms with Crippen LogP contribution < -0.4 is 11.1 Å². The zero-order chi connectivity index (χ0) is 13.3. The Labute approximate surface area is 125 Å². The molecular formula is C10H11Br2N3O2S. The SMILES string of the molecule is NC(=NO)C(NC(=O)c1cc(Br)c(Br)s1)C1CC1. The Morgan fingerprint density at radius 1 is 1.61 bits per heavy atom. The molecule has 1 heterocycles. The molecule has 1 aliphatic carbocycles. The molecule has 1 fully saturated rings. The quantitative estimate of drug-likeness (QED) is 0.316. The molecule has 1 saturated carbocycles. The van der Waals surface area contributed by atoms with E-state index < -0.39 is 0 Å². The second-order valence-electron chi connectivity index (χ2n) is 4.05. The summed E-state index contributed by atoms with van der Waals surface area (Å²) in [4.78, 5) is 12.6. The number of carbonyl (C=O) groups excluding carboxylic acids is 1. The lowest BCUT2D eigenvalue weighted by Crippen LogP contribution is -2.45. The molecular weight excluding hydrogens is 386 g/mol. The Morgan fingerprint density at radius 2 is 2.28 bits per heavy atom. The van der Waals surface area contributed by atoms with Crippen molar-refractivity contribution in [2.45, 2.75) is 18.9 Å². The maximum Gasteiger partial charge on any atom is 0.262 e. The van der Waals surface area contributed by atoms with Gasteiger partial charge in [-0.25, -0.2) is 0 Å². The first-order valence-electron chi connectivity index (χ1n) is 5.26. The van der Waals surface area contributed by atoms with E-state index in [4.69, 9.17) is 10.9 Å². The van der Waals surface area contributed by atoms with E-state index in [1.807, 2.05) is 0 Å². The van der Waals surface area contributed by atoms with Crippen molar-refractivity contribution in [3.05, 3.63) is 19.2 Å². The van der Waals surface area contributed by atoms with Gasteiger partial charge in [0.1, 0.15) is 0 Å². The Bertz CT molecular complexity index is 480. The fourth-order valence-corrected chi connectivity index (χ4v) is 3.53. The van der Waals surface area contributed by atoms with Crippen molar-refractivity contribution in [3.8, 4) is 0 Å². The van der Waals surface area contributed by atoms with Crippen molar-refractivity contribution in [1.29, 1.82) is 0 Å². The number of carbonyl (C=O) groups is 1. The van der Waals surface area contributed by atoms with Gasteiger partial charge in [0.2, 0.25) is 0 Å². The average Bonchev–Trinajstić information content (AvgIpc) is 3.12. The molecule has 5 nitrogen and oxygen atoms in total. The monoisotopic (exact) mass is 395 g/mol. The van der Waals surface area contributed by atoms with Gasteiger partial charge < -0.3 is 16.3 Å². The number of nitrogens with one attached hydrogen (secondary N) is 1. The summed E-state index contributed by atoms with van der Waals surface area (Å²) in [7, 11) is 0. The lowest BCUT2D eigenvalue weighted by molar-refractivity contribution is 0.0947. The molecule has 4 N–H and O–H groups in total. The lowest BCUT2D eigenvalue weighted by atomic mass is 10.1. The predicted molar refractivity (Wildman–Crippen MR) is 77.1 cm³/mol. The molecule has 1 aromatic heterocycles. The number of hydrogen-bond acceptors (Lipinski definition) is 4. The van der Waals surface area contributed by atoms with Gasteiger partial charge in [-0.05, 0) is 56.7 Å². The largest absolute Gasteiger partial charge is 0.409 e. The standard InChI is InChI=1S/C10H11Br2N3O2S/c11-5-3-6(18-8(5)12)10(16)14-7(4-1-2-4)9(13)15-17/h3-4,7,17H,1-2H2,(H2,13,15)(H,14,16). The molecule has 0 spiro atoms. The van der Waals surface area contributed by atoms with Crippen molar-refractivity contribution in [1.82, 2.24) is 5.32 Å². The zero-order valence-electron chi connectivity index (χ0n) is 9.19. The van der Waals surface area contributed by atoms with E-state index in [1.165, 1.54) is 11.3 Å². The highest BCUT2D eigenvalue weighted by atomic mass is 79.9. The topological polar surface area (TPSA) is 87.7 Å². The third kappa shape index (κ3) is 3.04. The van der Waals surface area contributed by atoms with Crippen molar-refractivity contribution >= 4 is 54.9 Å². The smallest absolute Gasteiger partial charge is 0.262 e. The highest BCUT2D eigenvalue weighted by molar-refractivity contribution is 9.13. The van der Waals surface area contributed by atoms with Gasteiger partial charge in [0.15, 0.2) is 5.84 Å². The summed E-state index contributed by atoms with van der Waals surface area (Å²) in [6.45, 7) is 0. The summed E-state index contributed by atoms with van der Waals surface area (Å²) in [5, 5.41) is 14.5. The number of hydrogen-bond donors (Lipinski definition) is 3. The van der Waals surface area contributed by atoms with Gasteiger partial charge in [-0.2, -0.15) is 0 Å². The Kier molecular flexibility index (Phi) is 4.29. The molecule has 0 bridgehead atoms. The molecule has 0 radical (unpaired) electrons. The Hall–Kier alpha value is -0.600. The number of oxime groups is 1. The van der Waals surface area contributed by atoms with Crippen LogP contribution in [0.15, 0.2) is 19.5 Å². The summed E-state index contributed by atoms with van der Waals surface area (Å²) in [6, 6.07) is 1.35. The van der Waals surface area contributed by atoms with Crippen molar-refractivity contribution in [2.24, 2.45) is 16.8 Å². The number of nitrogens with zero attached hydrogens (tertiary/aromatic N) is 1. The average molecular weight is 397 g/mol. The van der Waals surface area contributed by atoms with Gasteiger partial charge in [0.05, 0.1) is 14.7 Å². The number of thiophene rings is 1. The van der Waals surface area contributed by atoms with E-state index in [0.717, 1.165) is 21.1 Å². The highest BCUT2D eigenvalue weighted by Gasteiger charge is 2.35. The summed E-state index contributed by atoms with van der Waals surface area (Å²) < 4.78 is 1.70. The molecule has 2 rings (SSSR count). The normalized spacial score (nSPS) is 17.6. The number of amidine groups is 1. The molecule has 18 heavy (non-hydrogen) atoms. The first kappa shape index (κ1) is 13.8. The second kappa shape index (κ2) is 5.58. The minimum atomic E-state index is -0.387. The van der Waals surface area contributed by atoms with Gasteiger partial charge in [-0.15, -0.1) is 11.3 Å². The third-order valence-electron chi connectivity index (χ3n) is 2.68. The summed E-state index contributed by atoms with van der Waals surface area (Å²) in [5.41, 5.74) is 5.59. The van der Waals surface area contributed by atoms with Crippen LogP contribution >= 0.6 is 43.2 Å². The number of nitrogens with two attached hydrogens (primary N) is 1. The van der Waals surface area contributed by atoms with E-state index in [0.29, 0.717) is 4.88 Å². The van der Waals surface area contributed by atoms with Crippen LogP contribution in [0.1, 0.15) is 22.5 Å². The van der Waals surface area contributed by atoms with E-state index in [1.54, 1.807) is 6.07 Å². The molecule has 1 unspecified atom stereocenters. The number of halogens is 2. The first-order valence-corrected chi connectivity index (χ1v) is 7.66. The lowest BCUT2D eigenvalue weighted by Gasteiger charge is -2.15. The predicted octanol–water partition coefficient (Wildman–Crippen LogP) is 2.53.